The third kappa shape index (κ3) is 5.66. The van der Waals surface area contributed by atoms with E-state index in [2.05, 4.69) is 10.2 Å². The van der Waals surface area contributed by atoms with Gasteiger partial charge in [0.25, 0.3) is 0 Å². The Morgan fingerprint density at radius 2 is 2.05 bits per heavy atom. The van der Waals surface area contributed by atoms with Crippen LogP contribution >= 0.6 is 11.6 Å². The molecule has 1 amide bonds. The maximum absolute atomic E-state index is 11.7. The van der Waals surface area contributed by atoms with Crippen molar-refractivity contribution < 1.29 is 14.7 Å². The number of hydrogen-bond acceptors (Lipinski definition) is 3. The van der Waals surface area contributed by atoms with Gasteiger partial charge in [0.15, 0.2) is 0 Å². The van der Waals surface area contributed by atoms with Crippen LogP contribution in [0.4, 0.5) is 0 Å². The van der Waals surface area contributed by atoms with Crippen LogP contribution in [0.3, 0.4) is 0 Å². The number of rotatable bonds is 6. The van der Waals surface area contributed by atoms with E-state index in [1.165, 1.54) is 5.56 Å². The van der Waals surface area contributed by atoms with Gasteiger partial charge in [-0.3, -0.25) is 14.5 Å². The van der Waals surface area contributed by atoms with E-state index in [1.807, 2.05) is 24.3 Å². The molecule has 1 unspecified atom stereocenters. The first-order chi connectivity index (χ1) is 10.5. The number of carboxylic acid groups (broad SMARTS) is 1. The average Bonchev–Trinajstić information content (AvgIpc) is 2.48. The lowest BCUT2D eigenvalue weighted by atomic mass is 9.91. The lowest BCUT2D eigenvalue weighted by Gasteiger charge is -2.32. The number of carboxylic acids is 1. The molecule has 5 nitrogen and oxygen atoms in total. The summed E-state index contributed by atoms with van der Waals surface area (Å²) in [5.41, 5.74) is 1.26. The number of piperidine rings is 1. The number of carbonyl (C=O) groups excluding carboxylic acids is 1. The van der Waals surface area contributed by atoms with E-state index in [4.69, 9.17) is 16.7 Å². The molecule has 1 aromatic rings. The van der Waals surface area contributed by atoms with E-state index >= 15 is 0 Å². The number of aliphatic carboxylic acids is 1. The minimum absolute atomic E-state index is 0.227. The van der Waals surface area contributed by atoms with E-state index in [9.17, 15) is 9.59 Å². The second kappa shape index (κ2) is 8.15. The number of benzene rings is 1. The predicted octanol–water partition coefficient (Wildman–Crippen LogP) is 1.80. The molecule has 1 heterocycles. The van der Waals surface area contributed by atoms with Crippen LogP contribution in [0.25, 0.3) is 0 Å². The van der Waals surface area contributed by atoms with Crippen LogP contribution in [0.5, 0.6) is 0 Å². The molecule has 0 bridgehead atoms. The first kappa shape index (κ1) is 16.8. The fourth-order valence-electron chi connectivity index (χ4n) is 2.85. The van der Waals surface area contributed by atoms with Gasteiger partial charge in [0.05, 0.1) is 6.54 Å². The molecule has 6 heteroatoms. The highest BCUT2D eigenvalue weighted by molar-refractivity contribution is 6.30. The number of amides is 1. The van der Waals surface area contributed by atoms with Crippen molar-refractivity contribution in [3.05, 3.63) is 34.9 Å². The molecule has 1 saturated heterocycles. The molecule has 2 N–H and O–H groups in total. The number of likely N-dealkylation sites (tertiary alicyclic amines) is 1. The molecule has 0 aromatic heterocycles. The third-order valence-corrected chi connectivity index (χ3v) is 4.10. The van der Waals surface area contributed by atoms with Crippen molar-refractivity contribution in [2.75, 3.05) is 26.2 Å². The number of carbonyl (C=O) groups is 2. The van der Waals surface area contributed by atoms with Gasteiger partial charge in [-0.1, -0.05) is 23.7 Å². The summed E-state index contributed by atoms with van der Waals surface area (Å²) >= 11 is 5.89. The molecular formula is C16H21ClN2O3. The maximum Gasteiger partial charge on any atom is 0.322 e. The Bertz CT molecular complexity index is 519. The number of nitrogens with one attached hydrogen (secondary N) is 1. The second-order valence-electron chi connectivity index (χ2n) is 5.74. The van der Waals surface area contributed by atoms with E-state index in [-0.39, 0.29) is 19.0 Å². The summed E-state index contributed by atoms with van der Waals surface area (Å²) in [6.45, 7) is 1.70. The fraction of sp³-hybridized carbons (Fsp3) is 0.500. The Morgan fingerprint density at radius 3 is 2.73 bits per heavy atom. The van der Waals surface area contributed by atoms with Gasteiger partial charge in [-0.15, -0.1) is 0 Å². The van der Waals surface area contributed by atoms with Gasteiger partial charge in [-0.05, 0) is 49.4 Å². The van der Waals surface area contributed by atoms with Crippen molar-refractivity contribution in [1.29, 1.82) is 0 Å². The summed E-state index contributed by atoms with van der Waals surface area (Å²) in [4.78, 5) is 24.2. The van der Waals surface area contributed by atoms with Crippen LogP contribution in [0.15, 0.2) is 24.3 Å². The Labute approximate surface area is 135 Å². The van der Waals surface area contributed by atoms with Crippen LogP contribution in [0, 0.1) is 5.92 Å². The van der Waals surface area contributed by atoms with Gasteiger partial charge in [-0.25, -0.2) is 0 Å². The van der Waals surface area contributed by atoms with Gasteiger partial charge in [0.2, 0.25) is 5.91 Å². The molecule has 0 aliphatic carbocycles. The summed E-state index contributed by atoms with van der Waals surface area (Å²) in [5, 5.41) is 11.7. The highest BCUT2D eigenvalue weighted by Crippen LogP contribution is 2.21. The summed E-state index contributed by atoms with van der Waals surface area (Å²) in [6, 6.07) is 7.88. The Balaban J connectivity index is 1.79. The van der Waals surface area contributed by atoms with Crippen molar-refractivity contribution in [1.82, 2.24) is 10.2 Å². The van der Waals surface area contributed by atoms with E-state index < -0.39 is 5.97 Å². The van der Waals surface area contributed by atoms with Crippen LogP contribution in [0.2, 0.25) is 5.02 Å². The molecule has 22 heavy (non-hydrogen) atoms. The zero-order valence-corrected chi connectivity index (χ0v) is 13.2. The van der Waals surface area contributed by atoms with Crippen LogP contribution < -0.4 is 5.32 Å². The molecule has 1 fully saturated rings. The van der Waals surface area contributed by atoms with Gasteiger partial charge in [0.1, 0.15) is 6.54 Å². The van der Waals surface area contributed by atoms with Crippen molar-refractivity contribution in [2.45, 2.75) is 19.3 Å². The number of hydrogen-bond donors (Lipinski definition) is 2. The second-order valence-corrected chi connectivity index (χ2v) is 6.18. The highest BCUT2D eigenvalue weighted by Gasteiger charge is 2.21. The molecule has 1 aliphatic rings. The van der Waals surface area contributed by atoms with E-state index in [0.717, 1.165) is 37.4 Å². The number of nitrogens with zero attached hydrogens (tertiary/aromatic N) is 1. The molecular weight excluding hydrogens is 304 g/mol. The molecule has 0 radical (unpaired) electrons. The molecule has 0 saturated carbocycles. The molecule has 1 atom stereocenters. The van der Waals surface area contributed by atoms with Gasteiger partial charge >= 0.3 is 5.97 Å². The maximum atomic E-state index is 11.7. The van der Waals surface area contributed by atoms with Crippen molar-refractivity contribution >= 4 is 23.5 Å². The molecule has 120 valence electrons. The SMILES string of the molecule is O=C(O)CNC(=O)CN1CCCC(Cc2ccc(Cl)cc2)C1. The Hall–Kier alpha value is -1.59. The topological polar surface area (TPSA) is 69.6 Å². The summed E-state index contributed by atoms with van der Waals surface area (Å²) in [6.07, 6.45) is 3.19. The monoisotopic (exact) mass is 324 g/mol. The minimum atomic E-state index is -1.02. The standard InChI is InChI=1S/C16H21ClN2O3/c17-14-5-3-12(4-6-14)8-13-2-1-7-19(10-13)11-15(20)18-9-16(21)22/h3-6,13H,1-2,7-11H2,(H,18,20)(H,21,22). The van der Waals surface area contributed by atoms with Crippen LogP contribution in [0.1, 0.15) is 18.4 Å². The summed E-state index contributed by atoms with van der Waals surface area (Å²) < 4.78 is 0. The number of halogens is 1. The van der Waals surface area contributed by atoms with Gasteiger partial charge < -0.3 is 10.4 Å². The zero-order valence-electron chi connectivity index (χ0n) is 12.4. The first-order valence-electron chi connectivity index (χ1n) is 7.48. The van der Waals surface area contributed by atoms with Gasteiger partial charge in [0, 0.05) is 11.6 Å². The third-order valence-electron chi connectivity index (χ3n) is 3.84. The lowest BCUT2D eigenvalue weighted by Crippen LogP contribution is -2.43. The lowest BCUT2D eigenvalue weighted by molar-refractivity contribution is -0.138. The predicted molar refractivity (Wildman–Crippen MR) is 85.0 cm³/mol. The molecule has 2 rings (SSSR count). The zero-order chi connectivity index (χ0) is 15.9. The largest absolute Gasteiger partial charge is 0.480 e. The molecule has 0 spiro atoms. The van der Waals surface area contributed by atoms with E-state index in [0.29, 0.717) is 5.92 Å². The van der Waals surface area contributed by atoms with Crippen LogP contribution in [-0.2, 0) is 16.0 Å². The van der Waals surface area contributed by atoms with Crippen LogP contribution in [-0.4, -0.2) is 48.1 Å². The van der Waals surface area contributed by atoms with Crippen molar-refractivity contribution in [3.8, 4) is 0 Å². The smallest absolute Gasteiger partial charge is 0.322 e. The Morgan fingerprint density at radius 1 is 1.32 bits per heavy atom. The highest BCUT2D eigenvalue weighted by atomic mass is 35.5. The van der Waals surface area contributed by atoms with Gasteiger partial charge in [-0.2, -0.15) is 0 Å². The summed E-state index contributed by atoms with van der Waals surface area (Å²) in [7, 11) is 0. The first-order valence-corrected chi connectivity index (χ1v) is 7.86. The van der Waals surface area contributed by atoms with Crippen molar-refractivity contribution in [2.24, 2.45) is 5.92 Å². The minimum Gasteiger partial charge on any atom is -0.480 e. The molecule has 1 aromatic carbocycles. The normalized spacial score (nSPS) is 18.9. The average molecular weight is 325 g/mol. The van der Waals surface area contributed by atoms with E-state index in [1.54, 1.807) is 0 Å². The quantitative estimate of drug-likeness (QED) is 0.837. The fourth-order valence-corrected chi connectivity index (χ4v) is 2.97. The van der Waals surface area contributed by atoms with Crippen molar-refractivity contribution in [3.63, 3.8) is 0 Å². The molecule has 1 aliphatic heterocycles. The Kier molecular flexibility index (Phi) is 6.21. The summed E-state index contributed by atoms with van der Waals surface area (Å²) in [5.74, 6) is -0.732.